The summed E-state index contributed by atoms with van der Waals surface area (Å²) in [4.78, 5) is 30.8. The highest BCUT2D eigenvalue weighted by molar-refractivity contribution is 5.95. The predicted octanol–water partition coefficient (Wildman–Crippen LogP) is 2.26. The number of hydrogen-bond acceptors (Lipinski definition) is 9. The van der Waals surface area contributed by atoms with Crippen molar-refractivity contribution in [1.82, 2.24) is 9.88 Å². The van der Waals surface area contributed by atoms with Gasteiger partial charge in [-0.1, -0.05) is 0 Å². The van der Waals surface area contributed by atoms with E-state index in [1.807, 2.05) is 11.0 Å². The summed E-state index contributed by atoms with van der Waals surface area (Å²) in [5.41, 5.74) is 5.63. The molecule has 11 nitrogen and oxygen atoms in total. The second kappa shape index (κ2) is 7.59. The molecule has 0 saturated carbocycles. The second-order valence-corrected chi connectivity index (χ2v) is 6.57. The lowest BCUT2D eigenvalue weighted by Gasteiger charge is -2.34. The summed E-state index contributed by atoms with van der Waals surface area (Å²) in [5.74, 6) is 0.613. The van der Waals surface area contributed by atoms with Gasteiger partial charge in [0, 0.05) is 37.8 Å². The minimum atomic E-state index is -0.617. The number of nitriles is 1. The second-order valence-electron chi connectivity index (χ2n) is 6.57. The summed E-state index contributed by atoms with van der Waals surface area (Å²) in [6, 6.07) is 9.39. The molecule has 0 spiro atoms. The molecular formula is C19H16N6O5. The third-order valence-electron chi connectivity index (χ3n) is 4.78. The zero-order valence-corrected chi connectivity index (χ0v) is 15.6. The third kappa shape index (κ3) is 3.42. The van der Waals surface area contributed by atoms with Crippen LogP contribution in [0.25, 0.3) is 11.7 Å². The van der Waals surface area contributed by atoms with Gasteiger partial charge in [0.2, 0.25) is 11.6 Å². The van der Waals surface area contributed by atoms with Gasteiger partial charge in [0.05, 0.1) is 11.2 Å². The number of nitrogens with two attached hydrogens (primary N) is 1. The van der Waals surface area contributed by atoms with E-state index >= 15 is 0 Å². The van der Waals surface area contributed by atoms with Crippen LogP contribution in [0.4, 0.5) is 17.3 Å². The number of oxazole rings is 1. The number of benzene rings is 1. The number of furan rings is 1. The van der Waals surface area contributed by atoms with Gasteiger partial charge in [-0.15, -0.1) is 0 Å². The molecule has 1 aliphatic heterocycles. The number of nitrogen functional groups attached to an aromatic ring is 1. The largest absolute Gasteiger partial charge is 0.459 e. The molecule has 0 bridgehead atoms. The maximum Gasteiger partial charge on any atom is 0.292 e. The summed E-state index contributed by atoms with van der Waals surface area (Å²) in [5, 5.41) is 20.4. The Morgan fingerprint density at radius 1 is 1.27 bits per heavy atom. The molecule has 0 aliphatic carbocycles. The first-order chi connectivity index (χ1) is 14.5. The fraction of sp³-hybridized carbons (Fsp3) is 0.211. The van der Waals surface area contributed by atoms with Crippen LogP contribution in [-0.4, -0.2) is 46.9 Å². The van der Waals surface area contributed by atoms with Crippen LogP contribution in [0.1, 0.15) is 16.1 Å². The van der Waals surface area contributed by atoms with Crippen LogP contribution in [0.2, 0.25) is 0 Å². The number of rotatable bonds is 4. The lowest BCUT2D eigenvalue weighted by atomic mass is 10.1. The Morgan fingerprint density at radius 3 is 2.67 bits per heavy atom. The Hall–Kier alpha value is -4.33. The van der Waals surface area contributed by atoms with Crippen molar-refractivity contribution < 1.29 is 18.6 Å². The Balaban J connectivity index is 1.48. The predicted molar refractivity (Wildman–Crippen MR) is 105 cm³/mol. The van der Waals surface area contributed by atoms with Crippen LogP contribution < -0.4 is 10.6 Å². The fourth-order valence-corrected chi connectivity index (χ4v) is 3.23. The fourth-order valence-electron chi connectivity index (χ4n) is 3.23. The molecule has 3 aromatic rings. The van der Waals surface area contributed by atoms with Gasteiger partial charge in [-0.3, -0.25) is 14.9 Å². The molecule has 11 heteroatoms. The monoisotopic (exact) mass is 408 g/mol. The minimum Gasteiger partial charge on any atom is -0.459 e. The van der Waals surface area contributed by atoms with Gasteiger partial charge in [-0.25, -0.2) is 0 Å². The minimum absolute atomic E-state index is 0.00285. The van der Waals surface area contributed by atoms with E-state index in [1.54, 1.807) is 17.0 Å². The Morgan fingerprint density at radius 2 is 2.03 bits per heavy atom. The van der Waals surface area contributed by atoms with Crippen molar-refractivity contribution >= 4 is 23.2 Å². The van der Waals surface area contributed by atoms with Gasteiger partial charge in [-0.05, 0) is 24.3 Å². The normalized spacial score (nSPS) is 13.8. The number of hydrogen-bond donors (Lipinski definition) is 1. The topological polar surface area (TPSA) is 156 Å². The van der Waals surface area contributed by atoms with Crippen molar-refractivity contribution in [3.05, 3.63) is 58.0 Å². The molecule has 0 atom stereocenters. The van der Waals surface area contributed by atoms with Crippen molar-refractivity contribution in [2.75, 3.05) is 36.8 Å². The molecule has 2 aromatic heterocycles. The third-order valence-corrected chi connectivity index (χ3v) is 4.78. The Kier molecular flexibility index (Phi) is 4.81. The maximum absolute atomic E-state index is 12.8. The molecule has 30 heavy (non-hydrogen) atoms. The van der Waals surface area contributed by atoms with E-state index in [0.29, 0.717) is 37.8 Å². The highest BCUT2D eigenvalue weighted by atomic mass is 16.6. The van der Waals surface area contributed by atoms with E-state index in [0.717, 1.165) is 0 Å². The number of nitrogens with zero attached hydrogens (tertiary/aromatic N) is 5. The van der Waals surface area contributed by atoms with E-state index in [1.165, 1.54) is 24.5 Å². The lowest BCUT2D eigenvalue weighted by molar-refractivity contribution is -0.383. The molecular weight excluding hydrogens is 392 g/mol. The SMILES string of the molecule is N#Cc1nc(-c2ccco2)oc1N1CCN(C(=O)c2ccc(N)c([N+](=O)[O-])c2)CC1. The number of carbonyl (C=O) groups is 1. The van der Waals surface area contributed by atoms with E-state index in [-0.39, 0.29) is 34.4 Å². The van der Waals surface area contributed by atoms with Gasteiger partial charge in [0.15, 0.2) is 5.76 Å². The average Bonchev–Trinajstić information content (AvgIpc) is 3.43. The van der Waals surface area contributed by atoms with Crippen molar-refractivity contribution in [3.63, 3.8) is 0 Å². The molecule has 1 aromatic carbocycles. The van der Waals surface area contributed by atoms with E-state index in [9.17, 15) is 20.2 Å². The van der Waals surface area contributed by atoms with Crippen LogP contribution in [0, 0.1) is 21.4 Å². The summed E-state index contributed by atoms with van der Waals surface area (Å²) in [6.45, 7) is 1.51. The Labute approximate surface area is 170 Å². The standard InChI is InChI=1S/C19H16N6O5/c20-11-14-19(30-17(22-14)16-2-1-9-29-16)24-7-5-23(6-8-24)18(26)12-3-4-13(21)15(10-12)25(27)28/h1-4,9-10H,5-8,21H2. The zero-order chi connectivity index (χ0) is 21.3. The first-order valence-electron chi connectivity index (χ1n) is 9.01. The Bertz CT molecular complexity index is 1140. The highest BCUT2D eigenvalue weighted by Crippen LogP contribution is 2.29. The lowest BCUT2D eigenvalue weighted by Crippen LogP contribution is -2.48. The van der Waals surface area contributed by atoms with Crippen LogP contribution in [-0.2, 0) is 0 Å². The molecule has 3 heterocycles. The van der Waals surface area contributed by atoms with Gasteiger partial charge in [0.1, 0.15) is 11.8 Å². The van der Waals surface area contributed by atoms with Gasteiger partial charge in [-0.2, -0.15) is 10.2 Å². The van der Waals surface area contributed by atoms with E-state index in [4.69, 9.17) is 14.6 Å². The van der Waals surface area contributed by atoms with E-state index in [2.05, 4.69) is 4.98 Å². The molecule has 1 amide bonds. The van der Waals surface area contributed by atoms with Crippen molar-refractivity contribution in [3.8, 4) is 17.7 Å². The molecule has 0 unspecified atom stereocenters. The molecule has 1 fully saturated rings. The molecule has 2 N–H and O–H groups in total. The summed E-state index contributed by atoms with van der Waals surface area (Å²) in [7, 11) is 0. The van der Waals surface area contributed by atoms with Crippen molar-refractivity contribution in [2.24, 2.45) is 0 Å². The van der Waals surface area contributed by atoms with Crippen molar-refractivity contribution in [2.45, 2.75) is 0 Å². The van der Waals surface area contributed by atoms with Crippen LogP contribution in [0.3, 0.4) is 0 Å². The molecule has 1 aliphatic rings. The first-order valence-corrected chi connectivity index (χ1v) is 9.01. The van der Waals surface area contributed by atoms with Crippen LogP contribution in [0.15, 0.2) is 45.4 Å². The zero-order valence-electron chi connectivity index (χ0n) is 15.6. The first kappa shape index (κ1) is 19.0. The van der Waals surface area contributed by atoms with Crippen LogP contribution >= 0.6 is 0 Å². The van der Waals surface area contributed by atoms with Gasteiger partial charge in [0.25, 0.3) is 17.5 Å². The van der Waals surface area contributed by atoms with Gasteiger partial charge < -0.3 is 24.4 Å². The summed E-state index contributed by atoms with van der Waals surface area (Å²) >= 11 is 0. The average molecular weight is 408 g/mol. The number of anilines is 2. The van der Waals surface area contributed by atoms with Crippen LogP contribution in [0.5, 0.6) is 0 Å². The molecule has 4 rings (SSSR count). The summed E-state index contributed by atoms with van der Waals surface area (Å²) in [6.07, 6.45) is 1.48. The van der Waals surface area contributed by atoms with E-state index < -0.39 is 4.92 Å². The number of nitro benzene ring substituents is 1. The summed E-state index contributed by atoms with van der Waals surface area (Å²) < 4.78 is 11.0. The smallest absolute Gasteiger partial charge is 0.292 e. The maximum atomic E-state index is 12.8. The number of nitro groups is 1. The molecule has 152 valence electrons. The highest BCUT2D eigenvalue weighted by Gasteiger charge is 2.28. The molecule has 0 radical (unpaired) electrons. The molecule has 1 saturated heterocycles. The number of amides is 1. The number of carbonyl (C=O) groups excluding carboxylic acids is 1. The van der Waals surface area contributed by atoms with Crippen molar-refractivity contribution in [1.29, 1.82) is 5.26 Å². The quantitative estimate of drug-likeness (QED) is 0.388. The number of piperazine rings is 1. The van der Waals surface area contributed by atoms with Gasteiger partial charge >= 0.3 is 0 Å². The number of aromatic nitrogens is 1.